The summed E-state index contributed by atoms with van der Waals surface area (Å²) in [5, 5.41) is 0. The highest BCUT2D eigenvalue weighted by molar-refractivity contribution is 7.86. The standard InChI is InChI=1S/C21H30N6O2S/c1-16-18-10-8-13-26(15-17-9-4-6-12-22-17)21(18)24-20(23-16)19-11-5-7-14-27(19)30(28,29)25(2)3/h4,6,9,12,19H,5,7-8,10-11,13-15H2,1-3H3/t19-/m1/s1. The van der Waals surface area contributed by atoms with Crippen LogP contribution in [0, 0.1) is 6.92 Å². The van der Waals surface area contributed by atoms with Gasteiger partial charge in [0.25, 0.3) is 10.2 Å². The minimum absolute atomic E-state index is 0.325. The van der Waals surface area contributed by atoms with Crippen LogP contribution in [0.15, 0.2) is 24.4 Å². The van der Waals surface area contributed by atoms with Crippen LogP contribution in [0.25, 0.3) is 0 Å². The van der Waals surface area contributed by atoms with Crippen LogP contribution in [0.2, 0.25) is 0 Å². The van der Waals surface area contributed by atoms with E-state index in [9.17, 15) is 8.42 Å². The first-order valence-corrected chi connectivity index (χ1v) is 12.0. The van der Waals surface area contributed by atoms with Crippen LogP contribution >= 0.6 is 0 Å². The van der Waals surface area contributed by atoms with Gasteiger partial charge in [-0.1, -0.05) is 12.5 Å². The highest BCUT2D eigenvalue weighted by Crippen LogP contribution is 2.35. The maximum absolute atomic E-state index is 12.9. The van der Waals surface area contributed by atoms with Gasteiger partial charge in [-0.2, -0.15) is 17.0 Å². The Kier molecular flexibility index (Phi) is 6.04. The number of fused-ring (bicyclic) bond motifs is 1. The molecule has 30 heavy (non-hydrogen) atoms. The Hall–Kier alpha value is -2.10. The Labute approximate surface area is 179 Å². The number of pyridine rings is 1. The topological polar surface area (TPSA) is 82.5 Å². The van der Waals surface area contributed by atoms with Crippen molar-refractivity contribution in [1.29, 1.82) is 0 Å². The molecule has 4 heterocycles. The minimum Gasteiger partial charge on any atom is -0.350 e. The molecule has 2 aromatic heterocycles. The third-order valence-corrected chi connectivity index (χ3v) is 7.90. The molecule has 1 fully saturated rings. The number of rotatable bonds is 5. The van der Waals surface area contributed by atoms with Gasteiger partial charge in [0.1, 0.15) is 11.6 Å². The Morgan fingerprint density at radius 2 is 1.97 bits per heavy atom. The summed E-state index contributed by atoms with van der Waals surface area (Å²) in [5.41, 5.74) is 3.12. The third kappa shape index (κ3) is 4.06. The highest BCUT2D eigenvalue weighted by atomic mass is 32.2. The van der Waals surface area contributed by atoms with Crippen LogP contribution in [-0.2, 0) is 23.2 Å². The molecule has 2 aliphatic heterocycles. The Morgan fingerprint density at radius 3 is 2.70 bits per heavy atom. The van der Waals surface area contributed by atoms with Crippen molar-refractivity contribution in [3.8, 4) is 0 Å². The first-order chi connectivity index (χ1) is 14.4. The first-order valence-electron chi connectivity index (χ1n) is 10.6. The highest BCUT2D eigenvalue weighted by Gasteiger charge is 2.37. The summed E-state index contributed by atoms with van der Waals surface area (Å²) < 4.78 is 28.7. The molecule has 2 aromatic rings. The summed E-state index contributed by atoms with van der Waals surface area (Å²) in [6.07, 6.45) is 6.38. The predicted octanol–water partition coefficient (Wildman–Crippen LogP) is 2.47. The van der Waals surface area contributed by atoms with Crippen molar-refractivity contribution in [1.82, 2.24) is 23.6 Å². The molecule has 0 saturated carbocycles. The van der Waals surface area contributed by atoms with E-state index in [4.69, 9.17) is 9.97 Å². The summed E-state index contributed by atoms with van der Waals surface area (Å²) >= 11 is 0. The Morgan fingerprint density at radius 1 is 1.13 bits per heavy atom. The summed E-state index contributed by atoms with van der Waals surface area (Å²) in [4.78, 5) is 16.5. The summed E-state index contributed by atoms with van der Waals surface area (Å²) in [5.74, 6) is 1.55. The molecule has 162 valence electrons. The molecular weight excluding hydrogens is 400 g/mol. The molecule has 8 nitrogen and oxygen atoms in total. The van der Waals surface area contributed by atoms with Crippen LogP contribution in [0.4, 0.5) is 5.82 Å². The molecule has 1 saturated heterocycles. The molecule has 2 aliphatic rings. The second-order valence-electron chi connectivity index (χ2n) is 8.23. The molecule has 0 spiro atoms. The fourth-order valence-corrected chi connectivity index (χ4v) is 5.65. The molecule has 9 heteroatoms. The van der Waals surface area contributed by atoms with E-state index in [-0.39, 0.29) is 6.04 Å². The molecule has 0 aliphatic carbocycles. The zero-order valence-electron chi connectivity index (χ0n) is 18.0. The lowest BCUT2D eigenvalue weighted by atomic mass is 10.0. The maximum Gasteiger partial charge on any atom is 0.282 e. The normalized spacial score (nSPS) is 20.4. The quantitative estimate of drug-likeness (QED) is 0.725. The average Bonchev–Trinajstić information content (AvgIpc) is 2.75. The van der Waals surface area contributed by atoms with E-state index in [0.717, 1.165) is 55.9 Å². The van der Waals surface area contributed by atoms with E-state index in [0.29, 0.717) is 18.9 Å². The zero-order valence-corrected chi connectivity index (χ0v) is 18.8. The fourth-order valence-electron chi connectivity index (χ4n) is 4.35. The van der Waals surface area contributed by atoms with E-state index in [1.54, 1.807) is 18.4 Å². The van der Waals surface area contributed by atoms with Gasteiger partial charge in [-0.05, 0) is 44.7 Å². The predicted molar refractivity (Wildman–Crippen MR) is 116 cm³/mol. The van der Waals surface area contributed by atoms with Gasteiger partial charge in [-0.15, -0.1) is 0 Å². The van der Waals surface area contributed by atoms with E-state index in [2.05, 4.69) is 9.88 Å². The fraction of sp³-hybridized carbons (Fsp3) is 0.571. The second-order valence-corrected chi connectivity index (χ2v) is 10.3. The van der Waals surface area contributed by atoms with E-state index >= 15 is 0 Å². The molecule has 0 bridgehead atoms. The molecule has 0 unspecified atom stereocenters. The Balaban J connectivity index is 1.71. The van der Waals surface area contributed by atoms with Crippen molar-refractivity contribution in [3.63, 3.8) is 0 Å². The van der Waals surface area contributed by atoms with Gasteiger partial charge < -0.3 is 4.90 Å². The summed E-state index contributed by atoms with van der Waals surface area (Å²) in [6, 6.07) is 5.61. The largest absolute Gasteiger partial charge is 0.350 e. The molecule has 0 radical (unpaired) electrons. The Bertz CT molecular complexity index is 996. The van der Waals surface area contributed by atoms with Crippen LogP contribution in [0.5, 0.6) is 0 Å². The molecule has 0 N–H and O–H groups in total. The first kappa shape index (κ1) is 21.1. The van der Waals surface area contributed by atoms with Crippen molar-refractivity contribution >= 4 is 16.0 Å². The SMILES string of the molecule is Cc1nc([C@H]2CCCCN2S(=O)(=O)N(C)C)nc2c1CCCN2Cc1ccccn1. The van der Waals surface area contributed by atoms with Gasteiger partial charge in [-0.25, -0.2) is 9.97 Å². The van der Waals surface area contributed by atoms with E-state index in [1.807, 2.05) is 31.3 Å². The summed E-state index contributed by atoms with van der Waals surface area (Å²) in [6.45, 7) is 4.11. The van der Waals surface area contributed by atoms with Crippen molar-refractivity contribution < 1.29 is 8.42 Å². The number of anilines is 1. The molecule has 0 amide bonds. The van der Waals surface area contributed by atoms with Crippen LogP contribution in [0.1, 0.15) is 54.5 Å². The molecule has 4 rings (SSSR count). The van der Waals surface area contributed by atoms with Gasteiger partial charge in [-0.3, -0.25) is 4.98 Å². The molecular formula is C21H30N6O2S. The molecule has 1 atom stereocenters. The van der Waals surface area contributed by atoms with Gasteiger partial charge in [0.2, 0.25) is 0 Å². The number of hydrogen-bond acceptors (Lipinski definition) is 6. The monoisotopic (exact) mass is 430 g/mol. The van der Waals surface area contributed by atoms with E-state index in [1.165, 1.54) is 9.87 Å². The minimum atomic E-state index is -3.53. The van der Waals surface area contributed by atoms with Crippen molar-refractivity contribution in [3.05, 3.63) is 47.2 Å². The van der Waals surface area contributed by atoms with Gasteiger partial charge in [0.15, 0.2) is 0 Å². The van der Waals surface area contributed by atoms with Crippen molar-refractivity contribution in [2.45, 2.75) is 51.6 Å². The van der Waals surface area contributed by atoms with Crippen molar-refractivity contribution in [2.24, 2.45) is 0 Å². The van der Waals surface area contributed by atoms with Crippen LogP contribution in [0.3, 0.4) is 0 Å². The third-order valence-electron chi connectivity index (χ3n) is 5.95. The van der Waals surface area contributed by atoms with Gasteiger partial charge in [0, 0.05) is 44.6 Å². The van der Waals surface area contributed by atoms with Crippen LogP contribution in [-0.4, -0.2) is 59.2 Å². The second kappa shape index (κ2) is 8.56. The molecule has 0 aromatic carbocycles. The number of nitrogens with zero attached hydrogens (tertiary/aromatic N) is 6. The number of hydrogen-bond donors (Lipinski definition) is 0. The number of aryl methyl sites for hydroxylation is 1. The van der Waals surface area contributed by atoms with E-state index < -0.39 is 10.2 Å². The van der Waals surface area contributed by atoms with Gasteiger partial charge >= 0.3 is 0 Å². The average molecular weight is 431 g/mol. The zero-order chi connectivity index (χ0) is 21.3. The lowest BCUT2D eigenvalue weighted by Gasteiger charge is -2.36. The maximum atomic E-state index is 12.9. The van der Waals surface area contributed by atoms with Crippen LogP contribution < -0.4 is 4.90 Å². The summed E-state index contributed by atoms with van der Waals surface area (Å²) in [7, 11) is -0.375. The number of piperidine rings is 1. The van der Waals surface area contributed by atoms with Crippen molar-refractivity contribution in [2.75, 3.05) is 32.1 Å². The van der Waals surface area contributed by atoms with Gasteiger partial charge in [0.05, 0.1) is 18.3 Å². The lowest BCUT2D eigenvalue weighted by molar-refractivity contribution is 0.234. The lowest BCUT2D eigenvalue weighted by Crippen LogP contribution is -2.45. The number of aromatic nitrogens is 3. The smallest absolute Gasteiger partial charge is 0.282 e.